The molecule has 102 valence electrons. The molecule has 0 aliphatic carbocycles. The molecule has 1 atom stereocenters. The third-order valence-corrected chi connectivity index (χ3v) is 1.89. The third-order valence-electron chi connectivity index (χ3n) is 1.89. The Labute approximate surface area is 100.0 Å². The van der Waals surface area contributed by atoms with Crippen LogP contribution in [0.2, 0.25) is 0 Å². The van der Waals surface area contributed by atoms with E-state index in [9.17, 15) is 22.0 Å². The highest BCUT2D eigenvalue weighted by molar-refractivity contribution is 5.42. The summed E-state index contributed by atoms with van der Waals surface area (Å²) in [4.78, 5) is 3.56. The molecule has 0 aromatic carbocycles. The molecule has 0 fully saturated rings. The molecule has 0 aliphatic rings. The number of pyridine rings is 1. The summed E-state index contributed by atoms with van der Waals surface area (Å²) < 4.78 is 64.3. The Hall–Kier alpha value is -1.60. The van der Waals surface area contributed by atoms with Crippen LogP contribution < -0.4 is 10.1 Å². The predicted molar refractivity (Wildman–Crippen MR) is 54.9 cm³/mol. The molecule has 8 heteroatoms. The first-order valence-corrected chi connectivity index (χ1v) is 4.98. The molecular formula is C10H11F5N2O. The SMILES string of the molecule is CC(Nc1ccc(OCC(F)(F)F)nc1)C(F)F. The molecule has 3 nitrogen and oxygen atoms in total. The van der Waals surface area contributed by atoms with Crippen LogP contribution in [0.5, 0.6) is 5.88 Å². The largest absolute Gasteiger partial charge is 0.468 e. The van der Waals surface area contributed by atoms with Crippen molar-refractivity contribution in [3.8, 4) is 5.88 Å². The molecule has 0 spiro atoms. The second-order valence-electron chi connectivity index (χ2n) is 3.56. The molecule has 0 aliphatic heterocycles. The Kier molecular flexibility index (Phi) is 4.69. The van der Waals surface area contributed by atoms with Gasteiger partial charge in [0.15, 0.2) is 6.61 Å². The quantitative estimate of drug-likeness (QED) is 0.835. The van der Waals surface area contributed by atoms with Crippen LogP contribution >= 0.6 is 0 Å². The first-order chi connectivity index (χ1) is 8.28. The maximum absolute atomic E-state index is 12.2. The van der Waals surface area contributed by atoms with Gasteiger partial charge in [0, 0.05) is 6.07 Å². The standard InChI is InChI=1S/C10H11F5N2O/c1-6(9(11)12)17-7-2-3-8(16-4-7)18-5-10(13,14)15/h2-4,6,9,17H,5H2,1H3. The Morgan fingerprint density at radius 1 is 1.33 bits per heavy atom. The number of aromatic nitrogens is 1. The predicted octanol–water partition coefficient (Wildman–Crippen LogP) is 3.09. The lowest BCUT2D eigenvalue weighted by atomic mass is 10.3. The molecule has 0 saturated carbocycles. The molecule has 1 unspecified atom stereocenters. The average Bonchev–Trinajstić information content (AvgIpc) is 2.27. The highest BCUT2D eigenvalue weighted by Crippen LogP contribution is 2.18. The van der Waals surface area contributed by atoms with Crippen molar-refractivity contribution in [1.82, 2.24) is 4.98 Å². The van der Waals surface area contributed by atoms with Gasteiger partial charge in [-0.05, 0) is 13.0 Å². The molecule has 1 heterocycles. The van der Waals surface area contributed by atoms with Gasteiger partial charge in [0.05, 0.1) is 17.9 Å². The monoisotopic (exact) mass is 270 g/mol. The van der Waals surface area contributed by atoms with Crippen molar-refractivity contribution in [3.05, 3.63) is 18.3 Å². The Morgan fingerprint density at radius 3 is 2.44 bits per heavy atom. The Bertz CT molecular complexity index is 366. The summed E-state index contributed by atoms with van der Waals surface area (Å²) in [5, 5.41) is 2.45. The van der Waals surface area contributed by atoms with Crippen molar-refractivity contribution in [1.29, 1.82) is 0 Å². The maximum Gasteiger partial charge on any atom is 0.422 e. The minimum absolute atomic E-state index is 0.220. The van der Waals surface area contributed by atoms with E-state index in [1.165, 1.54) is 19.1 Å². The maximum atomic E-state index is 12.2. The number of rotatable bonds is 5. The van der Waals surface area contributed by atoms with Crippen molar-refractivity contribution in [2.24, 2.45) is 0 Å². The van der Waals surface area contributed by atoms with Crippen LogP contribution in [0.25, 0.3) is 0 Å². The van der Waals surface area contributed by atoms with E-state index in [2.05, 4.69) is 15.0 Å². The highest BCUT2D eigenvalue weighted by Gasteiger charge is 2.28. The van der Waals surface area contributed by atoms with Gasteiger partial charge in [0.1, 0.15) is 0 Å². The fourth-order valence-electron chi connectivity index (χ4n) is 1.03. The molecule has 0 amide bonds. The molecule has 1 aromatic rings. The highest BCUT2D eigenvalue weighted by atomic mass is 19.4. The van der Waals surface area contributed by atoms with Crippen LogP contribution in [0.4, 0.5) is 27.6 Å². The molecule has 1 rings (SSSR count). The third kappa shape index (κ3) is 5.15. The molecule has 1 aromatic heterocycles. The second kappa shape index (κ2) is 5.83. The Balaban J connectivity index is 2.52. The van der Waals surface area contributed by atoms with Gasteiger partial charge >= 0.3 is 6.18 Å². The van der Waals surface area contributed by atoms with Crippen LogP contribution in [-0.4, -0.2) is 30.2 Å². The smallest absolute Gasteiger partial charge is 0.422 e. The zero-order valence-electron chi connectivity index (χ0n) is 9.34. The van der Waals surface area contributed by atoms with E-state index in [-0.39, 0.29) is 11.6 Å². The van der Waals surface area contributed by atoms with E-state index in [4.69, 9.17) is 0 Å². The van der Waals surface area contributed by atoms with Crippen LogP contribution in [-0.2, 0) is 0 Å². The zero-order valence-corrected chi connectivity index (χ0v) is 9.34. The normalized spacial score (nSPS) is 13.5. The number of alkyl halides is 5. The molecular weight excluding hydrogens is 259 g/mol. The summed E-state index contributed by atoms with van der Waals surface area (Å²) in [5.74, 6) is -0.220. The van der Waals surface area contributed by atoms with Crippen molar-refractivity contribution in [2.45, 2.75) is 25.6 Å². The summed E-state index contributed by atoms with van der Waals surface area (Å²) >= 11 is 0. The van der Waals surface area contributed by atoms with Gasteiger partial charge in [-0.3, -0.25) is 0 Å². The number of anilines is 1. The van der Waals surface area contributed by atoms with Crippen molar-refractivity contribution in [2.75, 3.05) is 11.9 Å². The van der Waals surface area contributed by atoms with Crippen LogP contribution in [0.1, 0.15) is 6.92 Å². The molecule has 1 N–H and O–H groups in total. The van der Waals surface area contributed by atoms with E-state index in [1.807, 2.05) is 0 Å². The van der Waals surface area contributed by atoms with Crippen molar-refractivity contribution in [3.63, 3.8) is 0 Å². The van der Waals surface area contributed by atoms with Gasteiger partial charge in [-0.25, -0.2) is 13.8 Å². The lowest BCUT2D eigenvalue weighted by Crippen LogP contribution is -2.23. The minimum atomic E-state index is -4.44. The summed E-state index contributed by atoms with van der Waals surface area (Å²) in [7, 11) is 0. The zero-order chi connectivity index (χ0) is 13.8. The van der Waals surface area contributed by atoms with E-state index >= 15 is 0 Å². The lowest BCUT2D eigenvalue weighted by Gasteiger charge is -2.14. The van der Waals surface area contributed by atoms with Gasteiger partial charge in [0.25, 0.3) is 6.43 Å². The second-order valence-corrected chi connectivity index (χ2v) is 3.56. The summed E-state index contributed by atoms with van der Waals surface area (Å²) in [6, 6.07) is 1.41. The van der Waals surface area contributed by atoms with Gasteiger partial charge in [-0.1, -0.05) is 0 Å². The number of hydrogen-bond donors (Lipinski definition) is 1. The molecule has 0 radical (unpaired) electrons. The number of ether oxygens (including phenoxy) is 1. The molecule has 18 heavy (non-hydrogen) atoms. The molecule has 0 saturated heterocycles. The van der Waals surface area contributed by atoms with Crippen LogP contribution in [0.3, 0.4) is 0 Å². The van der Waals surface area contributed by atoms with E-state index in [0.29, 0.717) is 0 Å². The van der Waals surface area contributed by atoms with Crippen molar-refractivity contribution >= 4 is 5.69 Å². The summed E-state index contributed by atoms with van der Waals surface area (Å²) in [6.07, 6.45) is -5.86. The van der Waals surface area contributed by atoms with Gasteiger partial charge in [0.2, 0.25) is 5.88 Å². The fraction of sp³-hybridized carbons (Fsp3) is 0.500. The van der Waals surface area contributed by atoms with Gasteiger partial charge in [-0.15, -0.1) is 0 Å². The van der Waals surface area contributed by atoms with E-state index in [1.54, 1.807) is 0 Å². The first-order valence-electron chi connectivity index (χ1n) is 4.98. The average molecular weight is 270 g/mol. The van der Waals surface area contributed by atoms with Crippen LogP contribution in [0, 0.1) is 0 Å². The van der Waals surface area contributed by atoms with E-state index in [0.717, 1.165) is 6.20 Å². The minimum Gasteiger partial charge on any atom is -0.468 e. The Morgan fingerprint density at radius 2 is 2.00 bits per heavy atom. The van der Waals surface area contributed by atoms with Gasteiger partial charge in [-0.2, -0.15) is 13.2 Å². The summed E-state index contributed by atoms with van der Waals surface area (Å²) in [5.41, 5.74) is 0.280. The number of hydrogen-bond acceptors (Lipinski definition) is 3. The topological polar surface area (TPSA) is 34.1 Å². The number of halogens is 5. The van der Waals surface area contributed by atoms with Crippen LogP contribution in [0.15, 0.2) is 18.3 Å². The fourth-order valence-corrected chi connectivity index (χ4v) is 1.03. The first kappa shape index (κ1) is 14.5. The summed E-state index contributed by atoms with van der Waals surface area (Å²) in [6.45, 7) is -0.168. The molecule has 0 bridgehead atoms. The van der Waals surface area contributed by atoms with E-state index < -0.39 is 25.3 Å². The number of nitrogens with one attached hydrogen (secondary N) is 1. The lowest BCUT2D eigenvalue weighted by molar-refractivity contribution is -0.154. The number of nitrogens with zero attached hydrogens (tertiary/aromatic N) is 1. The van der Waals surface area contributed by atoms with Gasteiger partial charge < -0.3 is 10.1 Å². The van der Waals surface area contributed by atoms with Crippen molar-refractivity contribution < 1.29 is 26.7 Å².